The summed E-state index contributed by atoms with van der Waals surface area (Å²) in [5.41, 5.74) is 0.903. The van der Waals surface area contributed by atoms with Crippen molar-refractivity contribution in [2.45, 2.75) is 26.7 Å². The van der Waals surface area contributed by atoms with Crippen LogP contribution in [0.4, 0.5) is 0 Å². The Labute approximate surface area is 65.7 Å². The second kappa shape index (κ2) is 4.66. The predicted molar refractivity (Wildman–Crippen MR) is 41.3 cm³/mol. The molecule has 0 spiro atoms. The molecule has 3 heteroatoms. The molecule has 0 rings (SSSR count). The fourth-order valence-corrected chi connectivity index (χ4v) is 0.624. The van der Waals surface area contributed by atoms with E-state index in [2.05, 4.69) is 0 Å². The van der Waals surface area contributed by atoms with Crippen LogP contribution in [0.1, 0.15) is 26.7 Å². The fourth-order valence-electron chi connectivity index (χ4n) is 0.624. The van der Waals surface area contributed by atoms with Crippen molar-refractivity contribution in [2.75, 3.05) is 0 Å². The minimum Gasteiger partial charge on any atom is -0.481 e. The highest BCUT2D eigenvalue weighted by Gasteiger charge is 2.01. The van der Waals surface area contributed by atoms with Crippen LogP contribution in [-0.4, -0.2) is 16.9 Å². The Balaban J connectivity index is 3.71. The zero-order valence-corrected chi connectivity index (χ0v) is 6.76. The van der Waals surface area contributed by atoms with Gasteiger partial charge in [0.15, 0.2) is 5.78 Å². The van der Waals surface area contributed by atoms with Crippen LogP contribution in [0.25, 0.3) is 0 Å². The van der Waals surface area contributed by atoms with Crippen LogP contribution in [-0.2, 0) is 9.59 Å². The average molecular weight is 156 g/mol. The van der Waals surface area contributed by atoms with Gasteiger partial charge in [-0.15, -0.1) is 0 Å². The van der Waals surface area contributed by atoms with Gasteiger partial charge in [-0.1, -0.05) is 5.57 Å². The molecule has 0 amide bonds. The molecule has 0 atom stereocenters. The third-order valence-corrected chi connectivity index (χ3v) is 1.03. The number of hydrogen-bond acceptors (Lipinski definition) is 2. The zero-order valence-electron chi connectivity index (χ0n) is 6.76. The van der Waals surface area contributed by atoms with E-state index in [1.807, 2.05) is 0 Å². The Morgan fingerprint density at radius 1 is 1.27 bits per heavy atom. The van der Waals surface area contributed by atoms with E-state index in [4.69, 9.17) is 5.11 Å². The second-order valence-corrected chi connectivity index (χ2v) is 2.58. The fraction of sp³-hybridized carbons (Fsp3) is 0.500. The molecule has 0 heterocycles. The largest absolute Gasteiger partial charge is 0.481 e. The number of rotatable bonds is 4. The van der Waals surface area contributed by atoms with Crippen molar-refractivity contribution >= 4 is 11.8 Å². The molecule has 3 nitrogen and oxygen atoms in total. The Morgan fingerprint density at radius 3 is 2.18 bits per heavy atom. The lowest BCUT2D eigenvalue weighted by atomic mass is 10.2. The molecule has 62 valence electrons. The molecule has 0 saturated heterocycles. The van der Waals surface area contributed by atoms with E-state index in [9.17, 15) is 9.59 Å². The van der Waals surface area contributed by atoms with Crippen molar-refractivity contribution in [1.82, 2.24) is 0 Å². The number of hydrogen-bond donors (Lipinski definition) is 1. The maximum absolute atomic E-state index is 10.8. The number of aliphatic carboxylic acids is 1. The van der Waals surface area contributed by atoms with Gasteiger partial charge in [0.05, 0.1) is 6.42 Å². The molecule has 0 aromatic carbocycles. The first kappa shape index (κ1) is 9.88. The molecule has 0 bridgehead atoms. The molecule has 0 aliphatic heterocycles. The van der Waals surface area contributed by atoms with Crippen LogP contribution < -0.4 is 0 Å². The summed E-state index contributed by atoms with van der Waals surface area (Å²) in [6.45, 7) is 3.61. The van der Waals surface area contributed by atoms with Gasteiger partial charge in [-0.3, -0.25) is 9.59 Å². The average Bonchev–Trinajstić information content (AvgIpc) is 1.82. The van der Waals surface area contributed by atoms with Gasteiger partial charge in [0.2, 0.25) is 0 Å². The molecule has 0 aromatic rings. The van der Waals surface area contributed by atoms with Gasteiger partial charge >= 0.3 is 5.97 Å². The summed E-state index contributed by atoms with van der Waals surface area (Å²) in [4.78, 5) is 20.8. The third-order valence-electron chi connectivity index (χ3n) is 1.03. The molecule has 0 unspecified atom stereocenters. The van der Waals surface area contributed by atoms with E-state index in [1.54, 1.807) is 13.8 Å². The smallest absolute Gasteiger partial charge is 0.303 e. The Morgan fingerprint density at radius 2 is 1.82 bits per heavy atom. The van der Waals surface area contributed by atoms with Crippen molar-refractivity contribution in [2.24, 2.45) is 0 Å². The van der Waals surface area contributed by atoms with E-state index < -0.39 is 5.97 Å². The highest BCUT2D eigenvalue weighted by molar-refractivity contribution is 5.92. The number of carbonyl (C=O) groups is 2. The summed E-state index contributed by atoms with van der Waals surface area (Å²) in [6.07, 6.45) is 1.48. The quantitative estimate of drug-likeness (QED) is 0.626. The monoisotopic (exact) mass is 156 g/mol. The van der Waals surface area contributed by atoms with E-state index >= 15 is 0 Å². The van der Waals surface area contributed by atoms with Crippen molar-refractivity contribution < 1.29 is 14.7 Å². The van der Waals surface area contributed by atoms with Crippen LogP contribution in [0.15, 0.2) is 11.6 Å². The van der Waals surface area contributed by atoms with E-state index in [0.29, 0.717) is 0 Å². The van der Waals surface area contributed by atoms with E-state index in [0.717, 1.165) is 5.57 Å². The maximum atomic E-state index is 10.8. The number of ketones is 1. The lowest BCUT2D eigenvalue weighted by Gasteiger charge is -1.91. The van der Waals surface area contributed by atoms with Gasteiger partial charge < -0.3 is 5.11 Å². The summed E-state index contributed by atoms with van der Waals surface area (Å²) >= 11 is 0. The lowest BCUT2D eigenvalue weighted by Crippen LogP contribution is -2.00. The van der Waals surface area contributed by atoms with Crippen molar-refractivity contribution in [3.05, 3.63) is 11.6 Å². The Bertz CT molecular complexity index is 188. The Hall–Kier alpha value is -1.12. The summed E-state index contributed by atoms with van der Waals surface area (Å²) in [5.74, 6) is -1.05. The van der Waals surface area contributed by atoms with E-state index in [-0.39, 0.29) is 18.6 Å². The molecular weight excluding hydrogens is 144 g/mol. The van der Waals surface area contributed by atoms with Crippen molar-refractivity contribution in [1.29, 1.82) is 0 Å². The van der Waals surface area contributed by atoms with Crippen molar-refractivity contribution in [3.63, 3.8) is 0 Å². The number of carbonyl (C=O) groups excluding carboxylic acids is 1. The van der Waals surface area contributed by atoms with Crippen molar-refractivity contribution in [3.8, 4) is 0 Å². The summed E-state index contributed by atoms with van der Waals surface area (Å²) in [6, 6.07) is 0. The highest BCUT2D eigenvalue weighted by Crippen LogP contribution is 1.96. The van der Waals surface area contributed by atoms with Gasteiger partial charge in [0, 0.05) is 6.42 Å². The molecule has 11 heavy (non-hydrogen) atoms. The first-order chi connectivity index (χ1) is 5.02. The van der Waals surface area contributed by atoms with Crippen LogP contribution in [0, 0.1) is 0 Å². The van der Waals surface area contributed by atoms with Gasteiger partial charge in [0.1, 0.15) is 0 Å². The van der Waals surface area contributed by atoms with Gasteiger partial charge in [-0.25, -0.2) is 0 Å². The van der Waals surface area contributed by atoms with Gasteiger partial charge in [0.25, 0.3) is 0 Å². The summed E-state index contributed by atoms with van der Waals surface area (Å²) < 4.78 is 0. The third kappa shape index (κ3) is 6.77. The lowest BCUT2D eigenvalue weighted by molar-refractivity contribution is -0.138. The zero-order chi connectivity index (χ0) is 8.85. The van der Waals surface area contributed by atoms with E-state index in [1.165, 1.54) is 6.08 Å². The van der Waals surface area contributed by atoms with Crippen LogP contribution in [0.2, 0.25) is 0 Å². The van der Waals surface area contributed by atoms with Crippen LogP contribution in [0.5, 0.6) is 0 Å². The van der Waals surface area contributed by atoms with Crippen LogP contribution in [0.3, 0.4) is 0 Å². The number of carboxylic acid groups (broad SMARTS) is 1. The standard InChI is InChI=1S/C8H12O3/c1-6(2)5-7(9)3-4-8(10)11/h5H,3-4H2,1-2H3,(H,10,11). The molecule has 0 saturated carbocycles. The van der Waals surface area contributed by atoms with Gasteiger partial charge in [-0.2, -0.15) is 0 Å². The number of carboxylic acids is 1. The minimum atomic E-state index is -0.930. The maximum Gasteiger partial charge on any atom is 0.303 e. The summed E-state index contributed by atoms with van der Waals surface area (Å²) in [7, 11) is 0. The predicted octanol–water partition coefficient (Wildman–Crippen LogP) is 1.39. The minimum absolute atomic E-state index is 0.0807. The molecule has 0 aromatic heterocycles. The molecule has 0 aliphatic carbocycles. The first-order valence-electron chi connectivity index (χ1n) is 3.42. The SMILES string of the molecule is CC(C)=CC(=O)CCC(=O)O. The van der Waals surface area contributed by atoms with Crippen LogP contribution >= 0.6 is 0 Å². The normalized spacial score (nSPS) is 8.91. The highest BCUT2D eigenvalue weighted by atomic mass is 16.4. The number of allylic oxidation sites excluding steroid dienone is 2. The summed E-state index contributed by atoms with van der Waals surface area (Å²) in [5, 5.41) is 8.22. The molecule has 1 N–H and O–H groups in total. The molecule has 0 aliphatic rings. The Kier molecular flexibility index (Phi) is 4.18. The second-order valence-electron chi connectivity index (χ2n) is 2.58. The molecular formula is C8H12O3. The van der Waals surface area contributed by atoms with Gasteiger partial charge in [-0.05, 0) is 19.9 Å². The molecule has 0 fully saturated rings. The molecule has 0 radical (unpaired) electrons. The first-order valence-corrected chi connectivity index (χ1v) is 3.42. The topological polar surface area (TPSA) is 54.4 Å².